The number of likely N-dealkylation sites (tertiary alicyclic amines) is 1. The molecule has 3 aliphatic rings. The molecular weight excluding hydrogens is 863 g/mol. The van der Waals surface area contributed by atoms with Crippen molar-refractivity contribution in [3.8, 4) is 33.5 Å². The van der Waals surface area contributed by atoms with Crippen LogP contribution in [0.3, 0.4) is 0 Å². The smallest absolute Gasteiger partial charge is 0.407 e. The van der Waals surface area contributed by atoms with E-state index in [-0.39, 0.29) is 40.8 Å². The standard InChI is InChI=1S/C50H52F2N8O7/c1-27(2)41(57-46(61)42(58-48(63)65-3)29-18-21-67-22-19-29)45-53-26-39(56-45)32-13-16-34-33-15-12-30(23-35(33)50(51,52)36(34)24-32)31-14-17-37-38(25-31)55-44(54-37)40-11-8-20-60(40)47(62)43(59-49(64)66-4)28-9-6-5-7-10-28/h5-7,9-10,12-17,23-27,29,40-43H,8,11,18-22H2,1-4H3,(H,53,56)(H,54,55)(H,57,61)(H,58,63)(H,59,64)/t40-,41-,42-,43+/m0/s1. The molecule has 4 aromatic carbocycles. The minimum absolute atomic E-state index is 0.108. The molecule has 4 heterocycles. The third-order valence-electron chi connectivity index (χ3n) is 13.2. The first-order chi connectivity index (χ1) is 32.3. The number of carbonyl (C=O) groups excluding carboxylic acids is 4. The van der Waals surface area contributed by atoms with Gasteiger partial charge in [0.15, 0.2) is 0 Å². The Morgan fingerprint density at radius 1 is 0.806 bits per heavy atom. The molecule has 2 fully saturated rings. The summed E-state index contributed by atoms with van der Waals surface area (Å²) in [5.41, 5.74) is 4.93. The summed E-state index contributed by atoms with van der Waals surface area (Å²) in [6, 6.07) is 21.9. The highest BCUT2D eigenvalue weighted by atomic mass is 19.3. The fourth-order valence-corrected chi connectivity index (χ4v) is 9.59. The van der Waals surface area contributed by atoms with Gasteiger partial charge in [-0.15, -0.1) is 0 Å². The highest BCUT2D eigenvalue weighted by Gasteiger charge is 2.45. The Morgan fingerprint density at radius 2 is 1.46 bits per heavy atom. The lowest BCUT2D eigenvalue weighted by Crippen LogP contribution is -2.53. The number of alkyl halides is 2. The molecule has 5 N–H and O–H groups in total. The first-order valence-corrected chi connectivity index (χ1v) is 22.5. The largest absolute Gasteiger partial charge is 0.453 e. The number of hydrogen-bond donors (Lipinski definition) is 5. The van der Waals surface area contributed by atoms with Crippen LogP contribution in [0.2, 0.25) is 0 Å². The van der Waals surface area contributed by atoms with Crippen LogP contribution >= 0.6 is 0 Å². The molecule has 0 spiro atoms. The lowest BCUT2D eigenvalue weighted by molar-refractivity contribution is -0.134. The number of aromatic amines is 2. The normalized spacial score (nSPS) is 17.9. The number of aromatic nitrogens is 4. The molecule has 17 heteroatoms. The van der Waals surface area contributed by atoms with Gasteiger partial charge in [-0.3, -0.25) is 9.59 Å². The second-order valence-corrected chi connectivity index (χ2v) is 17.6. The zero-order chi connectivity index (χ0) is 47.0. The summed E-state index contributed by atoms with van der Waals surface area (Å²) < 4.78 is 48.4. The Labute approximate surface area is 385 Å². The van der Waals surface area contributed by atoms with E-state index in [0.29, 0.717) is 101 Å². The van der Waals surface area contributed by atoms with E-state index in [0.717, 1.165) is 6.42 Å². The summed E-state index contributed by atoms with van der Waals surface area (Å²) >= 11 is 0. The molecule has 4 amide bonds. The van der Waals surface area contributed by atoms with Crippen LogP contribution in [-0.4, -0.2) is 88.9 Å². The summed E-state index contributed by atoms with van der Waals surface area (Å²) in [4.78, 5) is 70.2. The minimum Gasteiger partial charge on any atom is -0.453 e. The molecule has 0 saturated carbocycles. The molecule has 15 nitrogen and oxygen atoms in total. The molecule has 0 unspecified atom stereocenters. The summed E-state index contributed by atoms with van der Waals surface area (Å²) in [6.45, 7) is 5.29. The number of imidazole rings is 2. The van der Waals surface area contributed by atoms with Gasteiger partial charge in [0.25, 0.3) is 11.8 Å². The number of H-pyrrole nitrogens is 2. The molecule has 2 saturated heterocycles. The maximum Gasteiger partial charge on any atom is 0.407 e. The average molecular weight is 915 g/mol. The van der Waals surface area contributed by atoms with Gasteiger partial charge in [-0.1, -0.05) is 74.5 Å². The van der Waals surface area contributed by atoms with Crippen LogP contribution < -0.4 is 16.0 Å². The number of alkyl carbamates (subject to hydrolysis) is 2. The first kappa shape index (κ1) is 45.0. The molecule has 67 heavy (non-hydrogen) atoms. The van der Waals surface area contributed by atoms with Crippen LogP contribution in [0.5, 0.6) is 0 Å². The van der Waals surface area contributed by atoms with Gasteiger partial charge in [-0.05, 0) is 89.6 Å². The molecular formula is C50H52F2N8O7. The Balaban J connectivity index is 0.931. The van der Waals surface area contributed by atoms with E-state index in [9.17, 15) is 19.2 Å². The number of methoxy groups -OCH3 is 2. The highest BCUT2D eigenvalue weighted by molar-refractivity contribution is 5.89. The lowest BCUT2D eigenvalue weighted by atomic mass is 9.90. The molecule has 2 aromatic heterocycles. The van der Waals surface area contributed by atoms with Crippen molar-refractivity contribution in [1.82, 2.24) is 40.8 Å². The summed E-state index contributed by atoms with van der Waals surface area (Å²) in [6.07, 6.45) is 2.74. The zero-order valence-electron chi connectivity index (χ0n) is 37.5. The molecule has 1 aliphatic carbocycles. The second kappa shape index (κ2) is 18.6. The molecule has 2 aliphatic heterocycles. The minimum atomic E-state index is -3.32. The number of hydrogen-bond acceptors (Lipinski definition) is 9. The third-order valence-corrected chi connectivity index (χ3v) is 13.2. The van der Waals surface area contributed by atoms with E-state index < -0.39 is 36.2 Å². The van der Waals surface area contributed by atoms with Gasteiger partial charge in [0, 0.05) is 36.4 Å². The lowest BCUT2D eigenvalue weighted by Gasteiger charge is -2.31. The van der Waals surface area contributed by atoms with Crippen LogP contribution in [0.25, 0.3) is 44.5 Å². The van der Waals surface area contributed by atoms with Gasteiger partial charge >= 0.3 is 12.2 Å². The molecule has 0 bridgehead atoms. The maximum atomic E-state index is 16.6. The van der Waals surface area contributed by atoms with Crippen molar-refractivity contribution < 1.29 is 42.2 Å². The number of rotatable bonds is 12. The fraction of sp³-hybridized carbons (Fsp3) is 0.360. The average Bonchev–Trinajstić information content (AvgIpc) is 4.17. The SMILES string of the molecule is COC(=O)N[C@H](C(=O)N[C@H](c1ncc(-c2ccc3c(c2)C(F)(F)c2cc(-c4ccc5nc([C@@H]6CCCN6C(=O)[C@H](NC(=O)OC)c6ccccc6)[nH]c5c4)ccc2-3)[nH]1)C(C)C)C1CCOCC1. The van der Waals surface area contributed by atoms with Crippen LogP contribution in [0.4, 0.5) is 18.4 Å². The Kier molecular flexibility index (Phi) is 12.5. The number of ether oxygens (including phenoxy) is 3. The maximum absolute atomic E-state index is 16.6. The van der Waals surface area contributed by atoms with Crippen molar-refractivity contribution in [2.75, 3.05) is 34.0 Å². The van der Waals surface area contributed by atoms with E-state index in [1.807, 2.05) is 44.2 Å². The highest BCUT2D eigenvalue weighted by Crippen LogP contribution is 2.53. The zero-order valence-corrected chi connectivity index (χ0v) is 37.5. The molecule has 348 valence electrons. The fourth-order valence-electron chi connectivity index (χ4n) is 9.59. The predicted molar refractivity (Wildman–Crippen MR) is 245 cm³/mol. The van der Waals surface area contributed by atoms with Gasteiger partial charge in [-0.25, -0.2) is 19.6 Å². The third kappa shape index (κ3) is 8.82. The van der Waals surface area contributed by atoms with Gasteiger partial charge in [0.2, 0.25) is 5.91 Å². The van der Waals surface area contributed by atoms with Gasteiger partial charge in [0.1, 0.15) is 23.7 Å². The van der Waals surface area contributed by atoms with E-state index in [2.05, 4.69) is 30.9 Å². The Hall–Kier alpha value is -7.14. The van der Waals surface area contributed by atoms with Crippen molar-refractivity contribution >= 4 is 35.0 Å². The number of nitrogens with one attached hydrogen (secondary N) is 5. The second-order valence-electron chi connectivity index (χ2n) is 17.6. The summed E-state index contributed by atoms with van der Waals surface area (Å²) in [7, 11) is 2.49. The van der Waals surface area contributed by atoms with E-state index in [1.165, 1.54) is 26.4 Å². The van der Waals surface area contributed by atoms with Crippen LogP contribution in [0.1, 0.15) is 86.0 Å². The Bertz CT molecular complexity index is 2820. The predicted octanol–water partition coefficient (Wildman–Crippen LogP) is 8.47. The van der Waals surface area contributed by atoms with E-state index in [4.69, 9.17) is 19.2 Å². The summed E-state index contributed by atoms with van der Waals surface area (Å²) in [5.74, 6) is -3.21. The van der Waals surface area contributed by atoms with E-state index >= 15 is 8.78 Å². The molecule has 4 atom stereocenters. The number of carbonyl (C=O) groups is 4. The quantitative estimate of drug-likeness (QED) is 0.0801. The summed E-state index contributed by atoms with van der Waals surface area (Å²) in [5, 5.41) is 8.43. The van der Waals surface area contributed by atoms with Gasteiger partial charge in [0.05, 0.1) is 49.2 Å². The topological polar surface area (TPSA) is 193 Å². The van der Waals surface area contributed by atoms with Crippen LogP contribution in [-0.2, 0) is 29.7 Å². The van der Waals surface area contributed by atoms with Crippen LogP contribution in [0.15, 0.2) is 91.1 Å². The van der Waals surface area contributed by atoms with Gasteiger partial charge < -0.3 is 45.0 Å². The van der Waals surface area contributed by atoms with Crippen LogP contribution in [0, 0.1) is 11.8 Å². The number of amides is 4. The van der Waals surface area contributed by atoms with Crippen molar-refractivity contribution in [1.29, 1.82) is 0 Å². The van der Waals surface area contributed by atoms with Crippen molar-refractivity contribution in [2.45, 2.75) is 69.6 Å². The first-order valence-electron chi connectivity index (χ1n) is 22.5. The number of halogens is 2. The number of nitrogens with zero attached hydrogens (tertiary/aromatic N) is 3. The number of fused-ring (bicyclic) bond motifs is 4. The van der Waals surface area contributed by atoms with Gasteiger partial charge in [-0.2, -0.15) is 8.78 Å². The molecule has 9 rings (SSSR count). The molecule has 6 aromatic rings. The van der Waals surface area contributed by atoms with E-state index in [1.54, 1.807) is 53.6 Å². The van der Waals surface area contributed by atoms with Crippen molar-refractivity contribution in [3.63, 3.8) is 0 Å². The number of benzene rings is 4. The molecule has 0 radical (unpaired) electrons. The van der Waals surface area contributed by atoms with Crippen molar-refractivity contribution in [2.24, 2.45) is 11.8 Å². The monoisotopic (exact) mass is 914 g/mol. The Morgan fingerprint density at radius 3 is 2.16 bits per heavy atom. The van der Waals surface area contributed by atoms with Crippen molar-refractivity contribution in [3.05, 3.63) is 119 Å².